The zero-order valence-corrected chi connectivity index (χ0v) is 17.4. The van der Waals surface area contributed by atoms with Gasteiger partial charge in [0, 0.05) is 48.0 Å². The van der Waals surface area contributed by atoms with Crippen molar-refractivity contribution in [3.05, 3.63) is 60.6 Å². The van der Waals surface area contributed by atoms with Crippen molar-refractivity contribution in [1.82, 2.24) is 14.4 Å². The lowest BCUT2D eigenvalue weighted by Gasteiger charge is -2.13. The van der Waals surface area contributed by atoms with Crippen molar-refractivity contribution < 1.29 is 9.47 Å². The summed E-state index contributed by atoms with van der Waals surface area (Å²) in [6.45, 7) is 2.51. The van der Waals surface area contributed by atoms with Gasteiger partial charge in [0.2, 0.25) is 0 Å². The summed E-state index contributed by atoms with van der Waals surface area (Å²) in [5, 5.41) is 6.69. The number of nitrogens with two attached hydrogens (primary N) is 1. The molecule has 4 N–H and O–H groups in total. The quantitative estimate of drug-likeness (QED) is 0.440. The monoisotopic (exact) mass is 416 g/mol. The summed E-state index contributed by atoms with van der Waals surface area (Å²) in [5.41, 5.74) is 11.7. The molecule has 8 nitrogen and oxygen atoms in total. The van der Waals surface area contributed by atoms with Crippen LogP contribution in [0.15, 0.2) is 55.0 Å². The third kappa shape index (κ3) is 3.62. The number of fused-ring (bicyclic) bond motifs is 2. The molecule has 2 aromatic heterocycles. The molecule has 0 radical (unpaired) electrons. The second-order valence-corrected chi connectivity index (χ2v) is 7.38. The molecule has 8 heteroatoms. The third-order valence-electron chi connectivity index (χ3n) is 5.29. The molecule has 1 unspecified atom stereocenters. The fourth-order valence-corrected chi connectivity index (χ4v) is 3.85. The molecule has 0 saturated heterocycles. The van der Waals surface area contributed by atoms with Crippen molar-refractivity contribution in [2.45, 2.75) is 19.5 Å². The van der Waals surface area contributed by atoms with Crippen LogP contribution in [0, 0.1) is 0 Å². The zero-order valence-electron chi connectivity index (χ0n) is 17.4. The minimum absolute atomic E-state index is 0.0406. The van der Waals surface area contributed by atoms with Crippen molar-refractivity contribution in [2.24, 2.45) is 5.73 Å². The summed E-state index contributed by atoms with van der Waals surface area (Å²) in [4.78, 5) is 9.33. The van der Waals surface area contributed by atoms with Crippen LogP contribution in [0.5, 0.6) is 11.5 Å². The van der Waals surface area contributed by atoms with Gasteiger partial charge < -0.3 is 30.2 Å². The summed E-state index contributed by atoms with van der Waals surface area (Å²) < 4.78 is 13.0. The van der Waals surface area contributed by atoms with Gasteiger partial charge in [-0.2, -0.15) is 0 Å². The van der Waals surface area contributed by atoms with Crippen LogP contribution in [-0.2, 0) is 6.42 Å². The number of methoxy groups -OCH3 is 1. The molecule has 1 aliphatic rings. The zero-order chi connectivity index (χ0) is 21.4. The smallest absolute Gasteiger partial charge is 0.180 e. The van der Waals surface area contributed by atoms with Crippen molar-refractivity contribution >= 4 is 22.8 Å². The van der Waals surface area contributed by atoms with Crippen LogP contribution < -0.4 is 25.8 Å². The second-order valence-electron chi connectivity index (χ2n) is 7.38. The van der Waals surface area contributed by atoms with Gasteiger partial charge in [-0.1, -0.05) is 12.1 Å². The molecule has 0 spiro atoms. The fourth-order valence-electron chi connectivity index (χ4n) is 3.85. The SMILES string of the molecule is CCOc1ccc(Nc2nc(-c3ccc4c(c3)NC(N)C4)cn3ccnc23)cc1OC. The summed E-state index contributed by atoms with van der Waals surface area (Å²) in [7, 11) is 1.63. The summed E-state index contributed by atoms with van der Waals surface area (Å²) >= 11 is 0. The molecule has 0 bridgehead atoms. The van der Waals surface area contributed by atoms with E-state index >= 15 is 0 Å². The Bertz CT molecular complexity index is 1250. The van der Waals surface area contributed by atoms with Crippen molar-refractivity contribution in [3.63, 3.8) is 0 Å². The van der Waals surface area contributed by atoms with Crippen LogP contribution in [-0.4, -0.2) is 34.3 Å². The number of imidazole rings is 1. The third-order valence-corrected chi connectivity index (χ3v) is 5.29. The number of nitrogens with one attached hydrogen (secondary N) is 2. The Labute approximate surface area is 180 Å². The summed E-state index contributed by atoms with van der Waals surface area (Å²) in [6.07, 6.45) is 6.43. The molecule has 2 aromatic carbocycles. The number of rotatable bonds is 6. The largest absolute Gasteiger partial charge is 0.493 e. The predicted molar refractivity (Wildman–Crippen MR) is 121 cm³/mol. The predicted octanol–water partition coefficient (Wildman–Crippen LogP) is 3.80. The average Bonchev–Trinajstić information content (AvgIpc) is 3.39. The van der Waals surface area contributed by atoms with Crippen molar-refractivity contribution in [3.8, 4) is 22.8 Å². The minimum Gasteiger partial charge on any atom is -0.493 e. The molecule has 1 aliphatic heterocycles. The normalized spacial score (nSPS) is 14.9. The topological polar surface area (TPSA) is 98.7 Å². The van der Waals surface area contributed by atoms with Gasteiger partial charge >= 0.3 is 0 Å². The van der Waals surface area contributed by atoms with E-state index in [4.69, 9.17) is 20.2 Å². The maximum atomic E-state index is 6.03. The van der Waals surface area contributed by atoms with Crippen molar-refractivity contribution in [2.75, 3.05) is 24.4 Å². The van der Waals surface area contributed by atoms with Gasteiger partial charge in [0.25, 0.3) is 0 Å². The molecule has 1 atom stereocenters. The highest BCUT2D eigenvalue weighted by molar-refractivity contribution is 5.76. The molecule has 0 aliphatic carbocycles. The van der Waals surface area contributed by atoms with Gasteiger partial charge in [-0.3, -0.25) is 0 Å². The van der Waals surface area contributed by atoms with E-state index in [0.29, 0.717) is 23.9 Å². The lowest BCUT2D eigenvalue weighted by molar-refractivity contribution is 0.311. The average molecular weight is 416 g/mol. The molecule has 0 fully saturated rings. The number of anilines is 3. The highest BCUT2D eigenvalue weighted by Crippen LogP contribution is 2.33. The molecule has 3 heterocycles. The maximum Gasteiger partial charge on any atom is 0.180 e. The molecule has 0 saturated carbocycles. The highest BCUT2D eigenvalue weighted by atomic mass is 16.5. The van der Waals surface area contributed by atoms with E-state index in [0.717, 1.165) is 34.7 Å². The van der Waals surface area contributed by atoms with Gasteiger partial charge in [-0.25, -0.2) is 9.97 Å². The standard InChI is InChI=1S/C23H24N6O2/c1-3-31-19-7-6-16(12-20(19)30-2)26-22-23-25-8-9-29(23)13-18(28-22)14-4-5-15-11-21(24)27-17(15)10-14/h4-10,12-13,21,27H,3,11,24H2,1-2H3,(H,26,28). The minimum atomic E-state index is -0.0406. The van der Waals surface area contributed by atoms with Crippen LogP contribution >= 0.6 is 0 Å². The Morgan fingerprint density at radius 1 is 1.23 bits per heavy atom. The first-order valence-electron chi connectivity index (χ1n) is 10.2. The van der Waals surface area contributed by atoms with E-state index in [1.54, 1.807) is 13.3 Å². The van der Waals surface area contributed by atoms with Gasteiger partial charge in [-0.05, 0) is 30.7 Å². The number of hydrogen-bond acceptors (Lipinski definition) is 7. The fraction of sp³-hybridized carbons (Fsp3) is 0.217. The Balaban J connectivity index is 1.53. The van der Waals surface area contributed by atoms with Crippen LogP contribution in [0.4, 0.5) is 17.2 Å². The molecule has 31 heavy (non-hydrogen) atoms. The number of hydrogen-bond donors (Lipinski definition) is 3. The molecule has 158 valence electrons. The van der Waals surface area contributed by atoms with Crippen LogP contribution in [0.2, 0.25) is 0 Å². The van der Waals surface area contributed by atoms with Gasteiger partial charge in [-0.15, -0.1) is 0 Å². The van der Waals surface area contributed by atoms with E-state index in [1.807, 2.05) is 41.9 Å². The van der Waals surface area contributed by atoms with E-state index in [2.05, 4.69) is 33.8 Å². The van der Waals surface area contributed by atoms with E-state index < -0.39 is 0 Å². The Hall–Kier alpha value is -3.78. The first kappa shape index (κ1) is 19.2. The lowest BCUT2D eigenvalue weighted by Crippen LogP contribution is -2.25. The van der Waals surface area contributed by atoms with Crippen LogP contribution in [0.25, 0.3) is 16.9 Å². The number of ether oxygens (including phenoxy) is 2. The Morgan fingerprint density at radius 3 is 2.97 bits per heavy atom. The molecule has 0 amide bonds. The molecular formula is C23H24N6O2. The van der Waals surface area contributed by atoms with Gasteiger partial charge in [0.1, 0.15) is 0 Å². The Kier molecular flexibility index (Phi) is 4.83. The Morgan fingerprint density at radius 2 is 2.13 bits per heavy atom. The highest BCUT2D eigenvalue weighted by Gasteiger charge is 2.18. The van der Waals surface area contributed by atoms with E-state index in [1.165, 1.54) is 5.56 Å². The van der Waals surface area contributed by atoms with Crippen LogP contribution in [0.3, 0.4) is 0 Å². The molecular weight excluding hydrogens is 392 g/mol. The van der Waals surface area contributed by atoms with Gasteiger partial charge in [0.15, 0.2) is 23.0 Å². The number of nitrogens with zero attached hydrogens (tertiary/aromatic N) is 3. The van der Waals surface area contributed by atoms with Crippen molar-refractivity contribution in [1.29, 1.82) is 0 Å². The van der Waals surface area contributed by atoms with E-state index in [-0.39, 0.29) is 6.17 Å². The van der Waals surface area contributed by atoms with Gasteiger partial charge in [0.05, 0.1) is 25.6 Å². The number of benzene rings is 2. The summed E-state index contributed by atoms with van der Waals surface area (Å²) in [6, 6.07) is 12.0. The summed E-state index contributed by atoms with van der Waals surface area (Å²) in [5.74, 6) is 2.01. The van der Waals surface area contributed by atoms with E-state index in [9.17, 15) is 0 Å². The van der Waals surface area contributed by atoms with Crippen LogP contribution in [0.1, 0.15) is 12.5 Å². The number of aromatic nitrogens is 3. The lowest BCUT2D eigenvalue weighted by atomic mass is 10.1. The first-order chi connectivity index (χ1) is 15.1. The second kappa shape index (κ2) is 7.81. The molecule has 5 rings (SSSR count). The molecule has 4 aromatic rings. The maximum absolute atomic E-state index is 6.03. The first-order valence-corrected chi connectivity index (χ1v) is 10.2.